The molecule has 1 aromatic heterocycles. The van der Waals surface area contributed by atoms with Gasteiger partial charge in [-0.15, -0.1) is 0 Å². The largest absolute Gasteiger partial charge is 0.326 e. The van der Waals surface area contributed by atoms with Gasteiger partial charge in [-0.1, -0.05) is 48.9 Å². The molecule has 0 radical (unpaired) electrons. The smallest absolute Gasteiger partial charge is 0.143 e. The van der Waals surface area contributed by atoms with Crippen molar-refractivity contribution in [2.45, 2.75) is 26.2 Å². The number of thioether (sulfide) groups is 1. The topological polar surface area (TPSA) is 42.0 Å². The predicted octanol–water partition coefficient (Wildman–Crippen LogP) is 3.92. The summed E-state index contributed by atoms with van der Waals surface area (Å²) in [5, 5.41) is 3.53. The van der Waals surface area contributed by atoms with Crippen molar-refractivity contribution in [2.75, 3.05) is 11.1 Å². The van der Waals surface area contributed by atoms with E-state index in [1.54, 1.807) is 18.3 Å². The minimum absolute atomic E-state index is 0.232. The number of ketones is 1. The molecule has 0 saturated heterocycles. The molecule has 1 N–H and O–H groups in total. The number of Topliss-reactive ketones (excluding diaryl/α,β-unsaturated/α-hetero) is 1. The van der Waals surface area contributed by atoms with Crippen LogP contribution < -0.4 is 5.32 Å². The Morgan fingerprint density at radius 2 is 2.33 bits per heavy atom. The summed E-state index contributed by atoms with van der Waals surface area (Å²) in [5.41, 5.74) is 0. The quantitative estimate of drug-likeness (QED) is 0.807. The molecule has 0 unspecified atom stereocenters. The van der Waals surface area contributed by atoms with E-state index in [2.05, 4.69) is 17.2 Å². The first kappa shape index (κ1) is 15.4. The Hall–Kier alpha value is -0.650. The average Bonchev–Trinajstić information content (AvgIpc) is 2.36. The van der Waals surface area contributed by atoms with Gasteiger partial charge < -0.3 is 5.32 Å². The van der Waals surface area contributed by atoms with Crippen LogP contribution in [0.1, 0.15) is 26.2 Å². The second-order valence-corrected chi connectivity index (χ2v) is 5.79. The van der Waals surface area contributed by atoms with E-state index in [9.17, 15) is 4.79 Å². The second-order valence-electron chi connectivity index (χ2n) is 3.71. The van der Waals surface area contributed by atoms with E-state index in [0.29, 0.717) is 27.3 Å². The van der Waals surface area contributed by atoms with E-state index in [-0.39, 0.29) is 5.78 Å². The van der Waals surface area contributed by atoms with Gasteiger partial charge in [0.05, 0.1) is 10.8 Å². The fourth-order valence-corrected chi connectivity index (χ4v) is 2.19. The highest BCUT2D eigenvalue weighted by molar-refractivity contribution is 8.23. The fraction of sp³-hybridized carbons (Fsp3) is 0.417. The van der Waals surface area contributed by atoms with Crippen LogP contribution in [0.15, 0.2) is 18.3 Å². The Morgan fingerprint density at radius 1 is 1.56 bits per heavy atom. The molecule has 0 aliphatic heterocycles. The lowest BCUT2D eigenvalue weighted by Gasteiger charge is -2.06. The standard InChI is InChI=1S/C12H15ClN2OS2/c1-2-3-4-10(16)8-18-12(17)15-11-6-5-9(13)7-14-11/h5-7H,2-4,8H2,1H3,(H,14,15,17). The van der Waals surface area contributed by atoms with Gasteiger partial charge in [-0.3, -0.25) is 4.79 Å². The maximum Gasteiger partial charge on any atom is 0.143 e. The van der Waals surface area contributed by atoms with Crippen molar-refractivity contribution >= 4 is 51.5 Å². The molecule has 6 heteroatoms. The molecular formula is C12H15ClN2OS2. The minimum Gasteiger partial charge on any atom is -0.326 e. The van der Waals surface area contributed by atoms with Crippen LogP contribution in [0.4, 0.5) is 5.82 Å². The van der Waals surface area contributed by atoms with Gasteiger partial charge in [0.15, 0.2) is 0 Å². The molecule has 0 fully saturated rings. The summed E-state index contributed by atoms with van der Waals surface area (Å²) in [4.78, 5) is 15.5. The van der Waals surface area contributed by atoms with Crippen LogP contribution in [0.3, 0.4) is 0 Å². The van der Waals surface area contributed by atoms with Gasteiger partial charge in [0, 0.05) is 12.6 Å². The number of rotatable bonds is 6. The molecule has 0 atom stereocenters. The maximum absolute atomic E-state index is 11.5. The first-order valence-electron chi connectivity index (χ1n) is 5.69. The van der Waals surface area contributed by atoms with E-state index < -0.39 is 0 Å². The number of halogens is 1. The van der Waals surface area contributed by atoms with Crippen LogP contribution in [0.2, 0.25) is 5.02 Å². The summed E-state index contributed by atoms with van der Waals surface area (Å²) in [6.07, 6.45) is 4.15. The molecule has 0 saturated carbocycles. The maximum atomic E-state index is 11.5. The highest BCUT2D eigenvalue weighted by Gasteiger charge is 2.05. The molecule has 0 aliphatic carbocycles. The van der Waals surface area contributed by atoms with Crippen molar-refractivity contribution < 1.29 is 4.79 Å². The summed E-state index contributed by atoms with van der Waals surface area (Å²) >= 11 is 12.2. The first-order chi connectivity index (χ1) is 8.61. The Bertz CT molecular complexity index is 409. The zero-order chi connectivity index (χ0) is 13.4. The van der Waals surface area contributed by atoms with Crippen molar-refractivity contribution in [2.24, 2.45) is 0 Å². The average molecular weight is 303 g/mol. The molecule has 0 aromatic carbocycles. The molecule has 0 aliphatic rings. The number of unbranched alkanes of at least 4 members (excludes halogenated alkanes) is 1. The Morgan fingerprint density at radius 3 is 2.94 bits per heavy atom. The van der Waals surface area contributed by atoms with Crippen molar-refractivity contribution in [1.29, 1.82) is 0 Å². The molecule has 0 amide bonds. The monoisotopic (exact) mass is 302 g/mol. The van der Waals surface area contributed by atoms with E-state index in [0.717, 1.165) is 12.8 Å². The van der Waals surface area contributed by atoms with Crippen LogP contribution in [-0.2, 0) is 4.79 Å². The minimum atomic E-state index is 0.232. The van der Waals surface area contributed by atoms with Gasteiger partial charge >= 0.3 is 0 Å². The van der Waals surface area contributed by atoms with Gasteiger partial charge in [0.1, 0.15) is 15.9 Å². The van der Waals surface area contributed by atoms with Crippen molar-refractivity contribution in [3.05, 3.63) is 23.4 Å². The van der Waals surface area contributed by atoms with Crippen molar-refractivity contribution in [3.8, 4) is 0 Å². The number of anilines is 1. The lowest BCUT2D eigenvalue weighted by atomic mass is 10.2. The number of aromatic nitrogens is 1. The van der Waals surface area contributed by atoms with Crippen LogP contribution in [-0.4, -0.2) is 20.8 Å². The van der Waals surface area contributed by atoms with Gasteiger partial charge in [0.2, 0.25) is 0 Å². The van der Waals surface area contributed by atoms with E-state index in [1.807, 2.05) is 0 Å². The number of hydrogen-bond acceptors (Lipinski definition) is 4. The van der Waals surface area contributed by atoms with Gasteiger partial charge in [-0.05, 0) is 18.6 Å². The number of nitrogens with zero attached hydrogens (tertiary/aromatic N) is 1. The molecule has 1 rings (SSSR count). The normalized spacial score (nSPS) is 10.1. The summed E-state index contributed by atoms with van der Waals surface area (Å²) < 4.78 is 0.551. The fourth-order valence-electron chi connectivity index (χ4n) is 1.18. The second kappa shape index (κ2) is 8.45. The van der Waals surface area contributed by atoms with Crippen molar-refractivity contribution in [1.82, 2.24) is 4.98 Å². The van der Waals surface area contributed by atoms with Gasteiger partial charge in [0.25, 0.3) is 0 Å². The van der Waals surface area contributed by atoms with Crippen molar-refractivity contribution in [3.63, 3.8) is 0 Å². The number of carbonyl (C=O) groups is 1. The molecule has 1 heterocycles. The molecule has 1 aromatic rings. The number of hydrogen-bond donors (Lipinski definition) is 1. The zero-order valence-electron chi connectivity index (χ0n) is 10.1. The number of pyridine rings is 1. The third kappa shape index (κ3) is 6.33. The lowest BCUT2D eigenvalue weighted by molar-refractivity contribution is -0.116. The van der Waals surface area contributed by atoms with E-state index in [4.69, 9.17) is 23.8 Å². The molecule has 0 bridgehead atoms. The predicted molar refractivity (Wildman–Crippen MR) is 82.5 cm³/mol. The molecule has 3 nitrogen and oxygen atoms in total. The summed E-state index contributed by atoms with van der Waals surface area (Å²) in [7, 11) is 0. The SMILES string of the molecule is CCCCC(=O)CSC(=S)Nc1ccc(Cl)cn1. The third-order valence-corrected chi connectivity index (χ3v) is 3.64. The Kier molecular flexibility index (Phi) is 7.23. The summed E-state index contributed by atoms with van der Waals surface area (Å²) in [6.45, 7) is 2.07. The van der Waals surface area contributed by atoms with Crippen LogP contribution in [0, 0.1) is 0 Å². The number of thiocarbonyl (C=S) groups is 1. The lowest BCUT2D eigenvalue weighted by Crippen LogP contribution is -2.10. The van der Waals surface area contributed by atoms with Gasteiger partial charge in [-0.25, -0.2) is 4.98 Å². The highest BCUT2D eigenvalue weighted by atomic mass is 35.5. The first-order valence-corrected chi connectivity index (χ1v) is 7.46. The molecule has 0 spiro atoms. The zero-order valence-corrected chi connectivity index (χ0v) is 12.5. The summed E-state index contributed by atoms with van der Waals surface area (Å²) in [6, 6.07) is 3.48. The highest BCUT2D eigenvalue weighted by Crippen LogP contribution is 2.13. The van der Waals surface area contributed by atoms with Crippen LogP contribution in [0.25, 0.3) is 0 Å². The number of nitrogens with one attached hydrogen (secondary N) is 1. The van der Waals surface area contributed by atoms with Gasteiger partial charge in [-0.2, -0.15) is 0 Å². The Balaban J connectivity index is 2.29. The molecule has 18 heavy (non-hydrogen) atoms. The van der Waals surface area contributed by atoms with E-state index in [1.165, 1.54) is 11.8 Å². The van der Waals surface area contributed by atoms with Crippen LogP contribution in [0.5, 0.6) is 0 Å². The number of carbonyl (C=O) groups excluding carboxylic acids is 1. The summed E-state index contributed by atoms with van der Waals surface area (Å²) in [5.74, 6) is 1.28. The molecule has 98 valence electrons. The Labute approximate surface area is 122 Å². The van der Waals surface area contributed by atoms with Crippen LogP contribution >= 0.6 is 35.6 Å². The van der Waals surface area contributed by atoms with E-state index >= 15 is 0 Å². The molecular weight excluding hydrogens is 288 g/mol. The third-order valence-electron chi connectivity index (χ3n) is 2.13.